The van der Waals surface area contributed by atoms with Gasteiger partial charge in [-0.1, -0.05) is 37.3 Å². The van der Waals surface area contributed by atoms with E-state index in [9.17, 15) is 9.90 Å². The lowest BCUT2D eigenvalue weighted by atomic mass is 9.94. The summed E-state index contributed by atoms with van der Waals surface area (Å²) in [6, 6.07) is 9.31. The predicted octanol–water partition coefficient (Wildman–Crippen LogP) is 3.16. The van der Waals surface area contributed by atoms with Gasteiger partial charge in [-0.05, 0) is 27.9 Å². The van der Waals surface area contributed by atoms with Crippen LogP contribution in [0.2, 0.25) is 0 Å². The third kappa shape index (κ3) is 2.93. The molecule has 2 aromatic rings. The van der Waals surface area contributed by atoms with Gasteiger partial charge in [-0.15, -0.1) is 0 Å². The number of carbonyl (C=O) groups is 1. The van der Waals surface area contributed by atoms with Crippen molar-refractivity contribution in [2.45, 2.75) is 25.7 Å². The number of carboxylic acids is 1. The number of benzene rings is 1. The van der Waals surface area contributed by atoms with Crippen LogP contribution in [-0.2, 0) is 24.7 Å². The minimum absolute atomic E-state index is 0.420. The molecule has 20 heavy (non-hydrogen) atoms. The number of aryl methyl sites for hydroxylation is 2. The van der Waals surface area contributed by atoms with Gasteiger partial charge >= 0.3 is 5.97 Å². The summed E-state index contributed by atoms with van der Waals surface area (Å²) in [6.45, 7) is 2.03. The molecule has 1 atom stereocenters. The molecule has 0 aliphatic carbocycles. The van der Waals surface area contributed by atoms with Gasteiger partial charge in [0.2, 0.25) is 0 Å². The lowest BCUT2D eigenvalue weighted by Gasteiger charge is -2.13. The Morgan fingerprint density at radius 3 is 2.55 bits per heavy atom. The topological polar surface area (TPSA) is 55.1 Å². The van der Waals surface area contributed by atoms with Crippen LogP contribution in [0.1, 0.15) is 29.8 Å². The molecule has 106 valence electrons. The first-order valence-electron chi connectivity index (χ1n) is 6.52. The van der Waals surface area contributed by atoms with Crippen LogP contribution >= 0.6 is 15.9 Å². The summed E-state index contributed by atoms with van der Waals surface area (Å²) in [7, 11) is 1.85. The van der Waals surface area contributed by atoms with Crippen molar-refractivity contribution in [2.75, 3.05) is 0 Å². The van der Waals surface area contributed by atoms with Crippen molar-refractivity contribution in [3.63, 3.8) is 0 Å². The molecule has 0 aliphatic heterocycles. The fourth-order valence-electron chi connectivity index (χ4n) is 2.27. The minimum Gasteiger partial charge on any atom is -0.481 e. The van der Waals surface area contributed by atoms with Crippen LogP contribution in [0.25, 0.3) is 0 Å². The van der Waals surface area contributed by atoms with Crippen molar-refractivity contribution < 1.29 is 9.90 Å². The smallest absolute Gasteiger partial charge is 0.311 e. The number of aliphatic carboxylic acids is 1. The van der Waals surface area contributed by atoms with E-state index in [1.165, 1.54) is 0 Å². The van der Waals surface area contributed by atoms with Crippen LogP contribution in [0.4, 0.5) is 0 Å². The van der Waals surface area contributed by atoms with E-state index >= 15 is 0 Å². The van der Waals surface area contributed by atoms with Crippen molar-refractivity contribution in [1.82, 2.24) is 9.78 Å². The third-order valence-electron chi connectivity index (χ3n) is 3.40. The summed E-state index contributed by atoms with van der Waals surface area (Å²) in [5, 5.41) is 13.9. The molecule has 0 fully saturated rings. The molecule has 1 aromatic heterocycles. The Kier molecular flexibility index (Phi) is 4.60. The van der Waals surface area contributed by atoms with Crippen LogP contribution in [0.15, 0.2) is 34.8 Å². The molecule has 4 nitrogen and oxygen atoms in total. The van der Waals surface area contributed by atoms with Crippen LogP contribution < -0.4 is 0 Å². The van der Waals surface area contributed by atoms with Crippen molar-refractivity contribution in [2.24, 2.45) is 7.05 Å². The summed E-state index contributed by atoms with van der Waals surface area (Å²) in [6.07, 6.45) is 1.24. The van der Waals surface area contributed by atoms with Gasteiger partial charge in [0.05, 0.1) is 21.8 Å². The van der Waals surface area contributed by atoms with E-state index < -0.39 is 11.9 Å². The summed E-state index contributed by atoms with van der Waals surface area (Å²) in [5.74, 6) is -1.38. The average molecular weight is 337 g/mol. The summed E-state index contributed by atoms with van der Waals surface area (Å²) >= 11 is 3.54. The van der Waals surface area contributed by atoms with Crippen LogP contribution in [0, 0.1) is 0 Å². The zero-order valence-electron chi connectivity index (χ0n) is 11.5. The van der Waals surface area contributed by atoms with E-state index in [0.717, 1.165) is 27.8 Å². The number of hydrogen-bond donors (Lipinski definition) is 1. The fourth-order valence-corrected chi connectivity index (χ4v) is 3.05. The van der Waals surface area contributed by atoms with Gasteiger partial charge in [0.25, 0.3) is 0 Å². The maximum Gasteiger partial charge on any atom is 0.311 e. The first-order valence-corrected chi connectivity index (χ1v) is 7.31. The van der Waals surface area contributed by atoms with Crippen molar-refractivity contribution in [3.05, 3.63) is 51.8 Å². The van der Waals surface area contributed by atoms with Gasteiger partial charge in [-0.3, -0.25) is 9.48 Å². The molecule has 1 unspecified atom stereocenters. The number of hydrogen-bond acceptors (Lipinski definition) is 2. The third-order valence-corrected chi connectivity index (χ3v) is 4.32. The number of rotatable bonds is 5. The Hall–Kier alpha value is -1.62. The number of halogens is 1. The first-order chi connectivity index (χ1) is 9.54. The molecule has 0 saturated carbocycles. The van der Waals surface area contributed by atoms with Crippen LogP contribution in [-0.4, -0.2) is 20.9 Å². The molecule has 5 heteroatoms. The molecule has 1 aromatic carbocycles. The molecule has 1 N–H and O–H groups in total. The number of aromatic nitrogens is 2. The Morgan fingerprint density at radius 2 is 2.05 bits per heavy atom. The molecule has 2 rings (SSSR count). The van der Waals surface area contributed by atoms with E-state index in [-0.39, 0.29) is 0 Å². The van der Waals surface area contributed by atoms with E-state index in [2.05, 4.69) is 21.0 Å². The van der Waals surface area contributed by atoms with E-state index in [4.69, 9.17) is 0 Å². The normalized spacial score (nSPS) is 12.3. The van der Waals surface area contributed by atoms with Crippen molar-refractivity contribution in [1.29, 1.82) is 0 Å². The van der Waals surface area contributed by atoms with Crippen molar-refractivity contribution >= 4 is 21.9 Å². The van der Waals surface area contributed by atoms with Crippen molar-refractivity contribution in [3.8, 4) is 0 Å². The monoisotopic (exact) mass is 336 g/mol. The maximum absolute atomic E-state index is 11.6. The van der Waals surface area contributed by atoms with Gasteiger partial charge in [-0.2, -0.15) is 5.10 Å². The zero-order chi connectivity index (χ0) is 14.7. The standard InChI is InChI=1S/C15H17BrN2O2/c1-3-12-14(16)13(18(2)17-12)9-11(15(19)20)10-7-5-4-6-8-10/h4-8,11H,3,9H2,1-2H3,(H,19,20). The van der Waals surface area contributed by atoms with Crippen LogP contribution in [0.5, 0.6) is 0 Å². The van der Waals surface area contributed by atoms with Gasteiger partial charge in [0, 0.05) is 13.5 Å². The van der Waals surface area contributed by atoms with Gasteiger partial charge in [-0.25, -0.2) is 0 Å². The fraction of sp³-hybridized carbons (Fsp3) is 0.333. The maximum atomic E-state index is 11.6. The molecule has 0 saturated heterocycles. The molecular weight excluding hydrogens is 320 g/mol. The largest absolute Gasteiger partial charge is 0.481 e. The van der Waals surface area contributed by atoms with Gasteiger partial charge < -0.3 is 5.11 Å². The Labute approximate surface area is 126 Å². The highest BCUT2D eigenvalue weighted by atomic mass is 79.9. The average Bonchev–Trinajstić information content (AvgIpc) is 2.71. The van der Waals surface area contributed by atoms with Crippen LogP contribution in [0.3, 0.4) is 0 Å². The van der Waals surface area contributed by atoms with E-state index in [1.807, 2.05) is 44.3 Å². The minimum atomic E-state index is -0.817. The highest BCUT2D eigenvalue weighted by Gasteiger charge is 2.24. The highest BCUT2D eigenvalue weighted by molar-refractivity contribution is 9.10. The molecule has 0 bridgehead atoms. The molecule has 1 heterocycles. The molecule has 0 spiro atoms. The molecule has 0 radical (unpaired) electrons. The Morgan fingerprint density at radius 1 is 1.40 bits per heavy atom. The second-order valence-electron chi connectivity index (χ2n) is 4.69. The second kappa shape index (κ2) is 6.22. The highest BCUT2D eigenvalue weighted by Crippen LogP contribution is 2.28. The van der Waals surface area contributed by atoms with E-state index in [1.54, 1.807) is 4.68 Å². The molecule has 0 amide bonds. The predicted molar refractivity (Wildman–Crippen MR) is 80.8 cm³/mol. The summed E-state index contributed by atoms with van der Waals surface area (Å²) in [4.78, 5) is 11.6. The lowest BCUT2D eigenvalue weighted by molar-refractivity contribution is -0.138. The second-order valence-corrected chi connectivity index (χ2v) is 5.48. The first kappa shape index (κ1) is 14.8. The Bertz CT molecular complexity index is 608. The SMILES string of the molecule is CCc1nn(C)c(CC(C(=O)O)c2ccccc2)c1Br. The summed E-state index contributed by atoms with van der Waals surface area (Å²) in [5.41, 5.74) is 2.68. The quantitative estimate of drug-likeness (QED) is 0.912. The molecular formula is C15H17BrN2O2. The number of nitrogens with zero attached hydrogens (tertiary/aromatic N) is 2. The summed E-state index contributed by atoms with van der Waals surface area (Å²) < 4.78 is 2.69. The Balaban J connectivity index is 2.35. The van der Waals surface area contributed by atoms with Gasteiger partial charge in [0.15, 0.2) is 0 Å². The van der Waals surface area contributed by atoms with Gasteiger partial charge in [0.1, 0.15) is 0 Å². The zero-order valence-corrected chi connectivity index (χ0v) is 13.1. The molecule has 0 aliphatic rings. The van der Waals surface area contributed by atoms with E-state index in [0.29, 0.717) is 6.42 Å². The lowest BCUT2D eigenvalue weighted by Crippen LogP contribution is -2.16. The number of carboxylic acid groups (broad SMARTS) is 1.